The van der Waals surface area contributed by atoms with Crippen LogP contribution in [0.2, 0.25) is 0 Å². The first-order chi connectivity index (χ1) is 14.9. The third-order valence-corrected chi connectivity index (χ3v) is 8.49. The van der Waals surface area contributed by atoms with Gasteiger partial charge in [-0.2, -0.15) is 17.0 Å². The Hall–Kier alpha value is -1.64. The highest BCUT2D eigenvalue weighted by atomic mass is 32.2. The molecule has 8 heteroatoms. The number of carbonyl (C=O) groups is 1. The van der Waals surface area contributed by atoms with E-state index in [4.69, 9.17) is 4.74 Å². The van der Waals surface area contributed by atoms with E-state index in [1.54, 1.807) is 11.4 Å². The van der Waals surface area contributed by atoms with E-state index in [1.165, 1.54) is 10.7 Å². The predicted molar refractivity (Wildman–Crippen MR) is 122 cm³/mol. The fraction of sp³-hybridized carbons (Fsp3) is 0.696. The summed E-state index contributed by atoms with van der Waals surface area (Å²) in [6.45, 7) is 3.90. The topological polar surface area (TPSA) is 79.0 Å². The second-order valence-corrected chi connectivity index (χ2v) is 10.6. The van der Waals surface area contributed by atoms with Crippen LogP contribution in [0.5, 0.6) is 5.75 Å². The Kier molecular flexibility index (Phi) is 8.75. The van der Waals surface area contributed by atoms with Crippen molar-refractivity contribution in [2.45, 2.75) is 64.3 Å². The molecule has 0 radical (unpaired) electrons. The molecule has 1 saturated heterocycles. The van der Waals surface area contributed by atoms with Gasteiger partial charge in [0.2, 0.25) is 5.91 Å². The number of rotatable bonds is 9. The SMILES string of the molecule is CCOc1ccc(CCNC(=O)[C@@H]2CCCN(S(=O)(=O)N(C)C3CCCCC3)C2)cc1. The summed E-state index contributed by atoms with van der Waals surface area (Å²) in [5, 5.41) is 3.00. The highest BCUT2D eigenvalue weighted by molar-refractivity contribution is 7.86. The lowest BCUT2D eigenvalue weighted by molar-refractivity contribution is -0.126. The molecule has 0 aromatic heterocycles. The van der Waals surface area contributed by atoms with Crippen molar-refractivity contribution in [1.82, 2.24) is 13.9 Å². The van der Waals surface area contributed by atoms with E-state index in [1.807, 2.05) is 31.2 Å². The van der Waals surface area contributed by atoms with E-state index >= 15 is 0 Å². The summed E-state index contributed by atoms with van der Waals surface area (Å²) in [6.07, 6.45) is 7.40. The molecule has 0 spiro atoms. The smallest absolute Gasteiger partial charge is 0.281 e. The summed E-state index contributed by atoms with van der Waals surface area (Å²) in [4.78, 5) is 12.7. The molecule has 174 valence electrons. The van der Waals surface area contributed by atoms with Crippen LogP contribution >= 0.6 is 0 Å². The van der Waals surface area contributed by atoms with Crippen molar-refractivity contribution in [3.05, 3.63) is 29.8 Å². The number of nitrogens with one attached hydrogen (secondary N) is 1. The number of hydrogen-bond donors (Lipinski definition) is 1. The van der Waals surface area contributed by atoms with Gasteiger partial charge in [0.25, 0.3) is 10.2 Å². The van der Waals surface area contributed by atoms with Gasteiger partial charge < -0.3 is 10.1 Å². The number of benzene rings is 1. The van der Waals surface area contributed by atoms with Crippen molar-refractivity contribution < 1.29 is 17.9 Å². The van der Waals surface area contributed by atoms with Gasteiger partial charge in [0, 0.05) is 32.7 Å². The number of amides is 1. The zero-order chi connectivity index (χ0) is 22.3. The van der Waals surface area contributed by atoms with Crippen LogP contribution in [0.1, 0.15) is 57.4 Å². The summed E-state index contributed by atoms with van der Waals surface area (Å²) in [7, 11) is -1.83. The van der Waals surface area contributed by atoms with Crippen molar-refractivity contribution >= 4 is 16.1 Å². The molecule has 1 heterocycles. The second-order valence-electron chi connectivity index (χ2n) is 8.63. The summed E-state index contributed by atoms with van der Waals surface area (Å²) >= 11 is 0. The largest absolute Gasteiger partial charge is 0.494 e. The second kappa shape index (κ2) is 11.3. The summed E-state index contributed by atoms with van der Waals surface area (Å²) in [5.41, 5.74) is 1.13. The molecular weight excluding hydrogens is 414 g/mol. The lowest BCUT2D eigenvalue weighted by Crippen LogP contribution is -2.52. The number of nitrogens with zero attached hydrogens (tertiary/aromatic N) is 2. The van der Waals surface area contributed by atoms with Crippen LogP contribution in [0.25, 0.3) is 0 Å². The first kappa shape index (κ1) is 24.0. The van der Waals surface area contributed by atoms with Crippen LogP contribution in [0, 0.1) is 5.92 Å². The van der Waals surface area contributed by atoms with Crippen molar-refractivity contribution in [3.8, 4) is 5.75 Å². The highest BCUT2D eigenvalue weighted by Crippen LogP contribution is 2.27. The predicted octanol–water partition coefficient (Wildman–Crippen LogP) is 2.97. The van der Waals surface area contributed by atoms with Gasteiger partial charge >= 0.3 is 0 Å². The van der Waals surface area contributed by atoms with Crippen LogP contribution in [-0.4, -0.2) is 62.3 Å². The van der Waals surface area contributed by atoms with Gasteiger partial charge in [0.15, 0.2) is 0 Å². The fourth-order valence-electron chi connectivity index (χ4n) is 4.57. The lowest BCUT2D eigenvalue weighted by atomic mass is 9.96. The number of carbonyl (C=O) groups excluding carboxylic acids is 1. The zero-order valence-electron chi connectivity index (χ0n) is 18.9. The average Bonchev–Trinajstić information content (AvgIpc) is 2.80. The fourth-order valence-corrected chi connectivity index (χ4v) is 6.25. The molecule has 2 aliphatic rings. The Morgan fingerprint density at radius 1 is 1.13 bits per heavy atom. The minimum atomic E-state index is -3.53. The monoisotopic (exact) mass is 451 g/mol. The summed E-state index contributed by atoms with van der Waals surface area (Å²) in [5.74, 6) is 0.506. The van der Waals surface area contributed by atoms with Crippen LogP contribution < -0.4 is 10.1 Å². The minimum Gasteiger partial charge on any atom is -0.494 e. The van der Waals surface area contributed by atoms with Crippen molar-refractivity contribution in [2.75, 3.05) is 33.3 Å². The van der Waals surface area contributed by atoms with E-state index < -0.39 is 10.2 Å². The average molecular weight is 452 g/mol. The third-order valence-electron chi connectivity index (χ3n) is 6.48. The Balaban J connectivity index is 1.49. The number of ether oxygens (including phenoxy) is 1. The van der Waals surface area contributed by atoms with Crippen LogP contribution in [0.3, 0.4) is 0 Å². The van der Waals surface area contributed by atoms with Gasteiger partial charge in [-0.1, -0.05) is 31.4 Å². The van der Waals surface area contributed by atoms with Crippen molar-refractivity contribution in [1.29, 1.82) is 0 Å². The van der Waals surface area contributed by atoms with Gasteiger partial charge in [-0.15, -0.1) is 0 Å². The van der Waals surface area contributed by atoms with Crippen LogP contribution in [-0.2, 0) is 21.4 Å². The van der Waals surface area contributed by atoms with Gasteiger partial charge in [0.1, 0.15) is 5.75 Å². The van der Waals surface area contributed by atoms with Crippen molar-refractivity contribution in [2.24, 2.45) is 5.92 Å². The molecule has 1 saturated carbocycles. The summed E-state index contributed by atoms with van der Waals surface area (Å²) < 4.78 is 34.8. The maximum absolute atomic E-state index is 13.1. The number of hydrogen-bond acceptors (Lipinski definition) is 4. The number of piperidine rings is 1. The van der Waals surface area contributed by atoms with Gasteiger partial charge in [-0.25, -0.2) is 0 Å². The molecule has 1 N–H and O–H groups in total. The van der Waals surface area contributed by atoms with Crippen LogP contribution in [0.15, 0.2) is 24.3 Å². The Morgan fingerprint density at radius 3 is 2.52 bits per heavy atom. The maximum atomic E-state index is 13.1. The van der Waals surface area contributed by atoms with Gasteiger partial charge in [0.05, 0.1) is 12.5 Å². The van der Waals surface area contributed by atoms with Crippen LogP contribution in [0.4, 0.5) is 0 Å². The molecule has 0 bridgehead atoms. The maximum Gasteiger partial charge on any atom is 0.281 e. The molecule has 2 fully saturated rings. The van der Waals surface area contributed by atoms with E-state index in [-0.39, 0.29) is 24.4 Å². The standard InChI is InChI=1S/C23H37N3O4S/c1-3-30-22-13-11-19(12-14-22)15-16-24-23(27)20-8-7-17-26(18-20)31(28,29)25(2)21-9-5-4-6-10-21/h11-14,20-21H,3-10,15-18H2,1-2H3,(H,24,27)/t20-/m1/s1. The molecule has 1 aromatic carbocycles. The molecule has 0 unspecified atom stereocenters. The van der Waals surface area contributed by atoms with Gasteiger partial charge in [-0.05, 0) is 56.7 Å². The Labute approximate surface area is 187 Å². The van der Waals surface area contributed by atoms with E-state index in [0.717, 1.165) is 49.8 Å². The third kappa shape index (κ3) is 6.43. The van der Waals surface area contributed by atoms with E-state index in [0.29, 0.717) is 26.1 Å². The first-order valence-corrected chi connectivity index (χ1v) is 13.0. The molecule has 1 aromatic rings. The van der Waals surface area contributed by atoms with Gasteiger partial charge in [-0.3, -0.25) is 4.79 Å². The zero-order valence-corrected chi connectivity index (χ0v) is 19.7. The Bertz CT molecular complexity index is 807. The molecule has 1 amide bonds. The first-order valence-electron chi connectivity index (χ1n) is 11.6. The molecule has 1 atom stereocenters. The lowest BCUT2D eigenvalue weighted by Gasteiger charge is -2.37. The normalized spacial score (nSPS) is 21.2. The van der Waals surface area contributed by atoms with Crippen molar-refractivity contribution in [3.63, 3.8) is 0 Å². The summed E-state index contributed by atoms with van der Waals surface area (Å²) in [6, 6.07) is 7.98. The quantitative estimate of drug-likeness (QED) is 0.626. The molecule has 7 nitrogen and oxygen atoms in total. The minimum absolute atomic E-state index is 0.0499. The molecule has 3 rings (SSSR count). The Morgan fingerprint density at radius 2 is 1.84 bits per heavy atom. The molecular formula is C23H37N3O4S. The van der Waals surface area contributed by atoms with E-state index in [2.05, 4.69) is 5.32 Å². The molecule has 31 heavy (non-hydrogen) atoms. The molecule has 1 aliphatic carbocycles. The van der Waals surface area contributed by atoms with E-state index in [9.17, 15) is 13.2 Å². The molecule has 1 aliphatic heterocycles. The highest BCUT2D eigenvalue weighted by Gasteiger charge is 2.37.